The van der Waals surface area contributed by atoms with Gasteiger partial charge in [0.1, 0.15) is 11.4 Å². The SMILES string of the molecule is COc1ccc(-c2nc(-c3ncccc3Cl)no2)c(N)c1. The van der Waals surface area contributed by atoms with Crippen molar-refractivity contribution in [3.63, 3.8) is 0 Å². The van der Waals surface area contributed by atoms with Crippen molar-refractivity contribution in [2.45, 2.75) is 0 Å². The van der Waals surface area contributed by atoms with Gasteiger partial charge in [0.2, 0.25) is 5.82 Å². The molecular formula is C14H11ClN4O2. The van der Waals surface area contributed by atoms with E-state index in [2.05, 4.69) is 15.1 Å². The molecule has 0 atom stereocenters. The molecule has 0 aliphatic heterocycles. The Hall–Kier alpha value is -2.60. The second-order valence-electron chi connectivity index (χ2n) is 4.21. The van der Waals surface area contributed by atoms with Crippen LogP contribution in [0.3, 0.4) is 0 Å². The monoisotopic (exact) mass is 302 g/mol. The molecule has 3 rings (SSSR count). The molecule has 2 aromatic heterocycles. The van der Waals surface area contributed by atoms with E-state index in [0.29, 0.717) is 39.4 Å². The van der Waals surface area contributed by atoms with Gasteiger partial charge in [-0.05, 0) is 24.3 Å². The van der Waals surface area contributed by atoms with E-state index < -0.39 is 0 Å². The third kappa shape index (κ3) is 2.53. The second kappa shape index (κ2) is 5.41. The van der Waals surface area contributed by atoms with E-state index in [4.69, 9.17) is 26.6 Å². The van der Waals surface area contributed by atoms with Gasteiger partial charge in [0.15, 0.2) is 0 Å². The number of methoxy groups -OCH3 is 1. The standard InChI is InChI=1S/C14H11ClN4O2/c1-20-8-4-5-9(11(16)7-8)14-18-13(19-21-14)12-10(15)3-2-6-17-12/h2-7H,16H2,1H3. The molecule has 3 aromatic rings. The summed E-state index contributed by atoms with van der Waals surface area (Å²) in [5, 5.41) is 4.34. The van der Waals surface area contributed by atoms with Crippen molar-refractivity contribution in [1.82, 2.24) is 15.1 Å². The number of nitrogens with two attached hydrogens (primary N) is 1. The summed E-state index contributed by atoms with van der Waals surface area (Å²) in [6.07, 6.45) is 1.61. The molecule has 2 N–H and O–H groups in total. The van der Waals surface area contributed by atoms with Crippen molar-refractivity contribution in [1.29, 1.82) is 0 Å². The van der Waals surface area contributed by atoms with E-state index in [-0.39, 0.29) is 0 Å². The van der Waals surface area contributed by atoms with Gasteiger partial charge < -0.3 is 15.0 Å². The number of halogens is 1. The summed E-state index contributed by atoms with van der Waals surface area (Å²) in [7, 11) is 1.57. The molecule has 0 aliphatic carbocycles. The van der Waals surface area contributed by atoms with Crippen LogP contribution in [-0.2, 0) is 0 Å². The summed E-state index contributed by atoms with van der Waals surface area (Å²) in [5.41, 5.74) is 7.53. The first-order chi connectivity index (χ1) is 10.2. The lowest BCUT2D eigenvalue weighted by atomic mass is 10.1. The number of rotatable bonds is 3. The first-order valence-electron chi connectivity index (χ1n) is 6.07. The highest BCUT2D eigenvalue weighted by atomic mass is 35.5. The van der Waals surface area contributed by atoms with Crippen molar-refractivity contribution in [2.24, 2.45) is 0 Å². The fourth-order valence-electron chi connectivity index (χ4n) is 1.84. The Balaban J connectivity index is 2.01. The molecule has 0 bridgehead atoms. The predicted octanol–water partition coefficient (Wildman–Crippen LogP) is 3.04. The Labute approximate surface area is 125 Å². The minimum Gasteiger partial charge on any atom is -0.497 e. The minimum absolute atomic E-state index is 0.298. The van der Waals surface area contributed by atoms with Crippen LogP contribution in [0.1, 0.15) is 0 Å². The number of aromatic nitrogens is 3. The van der Waals surface area contributed by atoms with Crippen LogP contribution in [-0.4, -0.2) is 22.2 Å². The molecule has 6 nitrogen and oxygen atoms in total. The predicted molar refractivity (Wildman–Crippen MR) is 78.9 cm³/mol. The van der Waals surface area contributed by atoms with Gasteiger partial charge >= 0.3 is 0 Å². The molecule has 0 fully saturated rings. The molecule has 0 amide bonds. The van der Waals surface area contributed by atoms with Gasteiger partial charge in [-0.15, -0.1) is 0 Å². The van der Waals surface area contributed by atoms with Gasteiger partial charge in [0, 0.05) is 18.0 Å². The number of nitrogens with zero attached hydrogens (tertiary/aromatic N) is 3. The molecule has 0 aliphatic rings. The molecule has 0 spiro atoms. The second-order valence-corrected chi connectivity index (χ2v) is 4.62. The van der Waals surface area contributed by atoms with E-state index >= 15 is 0 Å². The minimum atomic E-state index is 0.298. The average molecular weight is 303 g/mol. The fourth-order valence-corrected chi connectivity index (χ4v) is 2.05. The summed E-state index contributed by atoms with van der Waals surface area (Å²) in [6.45, 7) is 0. The zero-order valence-corrected chi connectivity index (χ0v) is 11.8. The van der Waals surface area contributed by atoms with Crippen LogP contribution in [0.15, 0.2) is 41.1 Å². The maximum atomic E-state index is 6.06. The number of anilines is 1. The lowest BCUT2D eigenvalue weighted by molar-refractivity contribution is 0.414. The van der Waals surface area contributed by atoms with E-state index in [1.807, 2.05) is 0 Å². The Morgan fingerprint density at radius 3 is 2.86 bits per heavy atom. The number of pyridine rings is 1. The van der Waals surface area contributed by atoms with Crippen LogP contribution < -0.4 is 10.5 Å². The zero-order chi connectivity index (χ0) is 14.8. The largest absolute Gasteiger partial charge is 0.497 e. The quantitative estimate of drug-likeness (QED) is 0.748. The van der Waals surface area contributed by atoms with Gasteiger partial charge in [-0.1, -0.05) is 16.8 Å². The third-order valence-corrected chi connectivity index (χ3v) is 3.19. The number of nitrogen functional groups attached to an aromatic ring is 1. The van der Waals surface area contributed by atoms with Crippen molar-refractivity contribution in [3.8, 4) is 28.7 Å². The van der Waals surface area contributed by atoms with Crippen LogP contribution in [0.25, 0.3) is 23.0 Å². The maximum absolute atomic E-state index is 6.06. The first kappa shape index (κ1) is 13.4. The highest BCUT2D eigenvalue weighted by molar-refractivity contribution is 6.32. The lowest BCUT2D eigenvalue weighted by Crippen LogP contribution is -1.92. The van der Waals surface area contributed by atoms with Crippen LogP contribution in [0.5, 0.6) is 5.75 Å². The Bertz CT molecular complexity index is 788. The maximum Gasteiger partial charge on any atom is 0.260 e. The summed E-state index contributed by atoms with van der Waals surface area (Å²) in [5.74, 6) is 1.27. The van der Waals surface area contributed by atoms with Gasteiger partial charge in [0.25, 0.3) is 5.89 Å². The number of ether oxygens (including phenoxy) is 1. The molecule has 106 valence electrons. The van der Waals surface area contributed by atoms with Crippen molar-refractivity contribution >= 4 is 17.3 Å². The molecule has 2 heterocycles. The average Bonchev–Trinajstić information content (AvgIpc) is 2.97. The van der Waals surface area contributed by atoms with Gasteiger partial charge in [-0.3, -0.25) is 4.98 Å². The van der Waals surface area contributed by atoms with Crippen LogP contribution in [0, 0.1) is 0 Å². The van der Waals surface area contributed by atoms with Crippen LogP contribution in [0.2, 0.25) is 5.02 Å². The lowest BCUT2D eigenvalue weighted by Gasteiger charge is -2.03. The molecule has 0 unspecified atom stereocenters. The van der Waals surface area contributed by atoms with Crippen LogP contribution in [0.4, 0.5) is 5.69 Å². The summed E-state index contributed by atoms with van der Waals surface area (Å²) < 4.78 is 10.3. The molecule has 21 heavy (non-hydrogen) atoms. The van der Waals surface area contributed by atoms with Crippen LogP contribution >= 0.6 is 11.6 Å². The van der Waals surface area contributed by atoms with Gasteiger partial charge in [-0.25, -0.2) is 0 Å². The molecule has 0 saturated carbocycles. The molecular weight excluding hydrogens is 292 g/mol. The highest BCUT2D eigenvalue weighted by Crippen LogP contribution is 2.30. The van der Waals surface area contributed by atoms with Crippen molar-refractivity contribution in [2.75, 3.05) is 12.8 Å². The molecule has 7 heteroatoms. The van der Waals surface area contributed by atoms with Crippen molar-refractivity contribution < 1.29 is 9.26 Å². The summed E-state index contributed by atoms with van der Waals surface area (Å²) >= 11 is 6.06. The van der Waals surface area contributed by atoms with Crippen molar-refractivity contribution in [3.05, 3.63) is 41.6 Å². The molecule has 0 saturated heterocycles. The fraction of sp³-hybridized carbons (Fsp3) is 0.0714. The highest BCUT2D eigenvalue weighted by Gasteiger charge is 2.16. The van der Waals surface area contributed by atoms with E-state index in [1.165, 1.54) is 0 Å². The topological polar surface area (TPSA) is 87.1 Å². The Morgan fingerprint density at radius 2 is 2.14 bits per heavy atom. The smallest absolute Gasteiger partial charge is 0.260 e. The zero-order valence-electron chi connectivity index (χ0n) is 11.1. The normalized spacial score (nSPS) is 10.6. The van der Waals surface area contributed by atoms with Gasteiger partial charge in [-0.2, -0.15) is 4.98 Å². The number of benzene rings is 1. The van der Waals surface area contributed by atoms with E-state index in [1.54, 1.807) is 43.6 Å². The number of hydrogen-bond donors (Lipinski definition) is 1. The summed E-state index contributed by atoms with van der Waals surface area (Å²) in [4.78, 5) is 8.42. The van der Waals surface area contributed by atoms with E-state index in [0.717, 1.165) is 0 Å². The molecule has 0 radical (unpaired) electrons. The number of hydrogen-bond acceptors (Lipinski definition) is 6. The Kier molecular flexibility index (Phi) is 3.45. The first-order valence-corrected chi connectivity index (χ1v) is 6.45. The third-order valence-electron chi connectivity index (χ3n) is 2.89. The van der Waals surface area contributed by atoms with Gasteiger partial charge in [0.05, 0.1) is 17.7 Å². The van der Waals surface area contributed by atoms with E-state index in [9.17, 15) is 0 Å². The summed E-state index contributed by atoms with van der Waals surface area (Å²) in [6, 6.07) is 8.65. The molecule has 1 aromatic carbocycles. The Morgan fingerprint density at radius 1 is 1.29 bits per heavy atom.